The normalized spacial score (nSPS) is 25.0. The van der Waals surface area contributed by atoms with E-state index in [1.54, 1.807) is 6.07 Å². The Labute approximate surface area is 222 Å². The van der Waals surface area contributed by atoms with E-state index < -0.39 is 47.1 Å². The summed E-state index contributed by atoms with van der Waals surface area (Å²) in [6.45, 7) is 13.1. The first-order chi connectivity index (χ1) is 17.9. The maximum absolute atomic E-state index is 14.9. The lowest BCUT2D eigenvalue weighted by Crippen LogP contribution is -2.56. The number of hydrogen-bond donors (Lipinski definition) is 2. The zero-order valence-electron chi connectivity index (χ0n) is 22.4. The number of rotatable bonds is 7. The molecule has 9 nitrogen and oxygen atoms in total. The molecule has 1 aliphatic carbocycles. The van der Waals surface area contributed by atoms with E-state index in [2.05, 4.69) is 15.5 Å². The summed E-state index contributed by atoms with van der Waals surface area (Å²) >= 11 is 0. The summed E-state index contributed by atoms with van der Waals surface area (Å²) in [4.78, 5) is 59.4. The number of halogens is 1. The fraction of sp³-hybridized carbons (Fsp3) is 0.607. The van der Waals surface area contributed by atoms with Gasteiger partial charge >= 0.3 is 6.17 Å². The zero-order valence-corrected chi connectivity index (χ0v) is 22.4. The van der Waals surface area contributed by atoms with E-state index >= 15 is 0 Å². The Bertz CT molecular complexity index is 1170. The Morgan fingerprint density at radius 2 is 1.89 bits per heavy atom. The minimum absolute atomic E-state index is 0.0367. The molecule has 0 bridgehead atoms. The van der Waals surface area contributed by atoms with Crippen LogP contribution in [0.3, 0.4) is 0 Å². The number of carbonyl (C=O) groups is 4. The molecule has 0 aromatic heterocycles. The molecule has 1 saturated carbocycles. The van der Waals surface area contributed by atoms with Gasteiger partial charge in [-0.25, -0.2) is 11.0 Å². The highest BCUT2D eigenvalue weighted by atomic mass is 19.1. The van der Waals surface area contributed by atoms with Crippen LogP contribution >= 0.6 is 0 Å². The molecule has 38 heavy (non-hydrogen) atoms. The van der Waals surface area contributed by atoms with Crippen LogP contribution in [-0.4, -0.2) is 70.9 Å². The topological polar surface area (TPSA) is 103 Å². The van der Waals surface area contributed by atoms with E-state index in [-0.39, 0.29) is 37.6 Å². The second-order valence-electron chi connectivity index (χ2n) is 11.3. The van der Waals surface area contributed by atoms with Crippen molar-refractivity contribution in [2.45, 2.75) is 88.6 Å². The van der Waals surface area contributed by atoms with Gasteiger partial charge in [0.2, 0.25) is 11.8 Å². The van der Waals surface area contributed by atoms with Crippen LogP contribution in [0.25, 0.3) is 4.85 Å². The van der Waals surface area contributed by atoms with E-state index in [1.165, 1.54) is 23.8 Å². The highest BCUT2D eigenvalue weighted by Gasteiger charge is 2.59. The fourth-order valence-electron chi connectivity index (χ4n) is 6.03. The van der Waals surface area contributed by atoms with Crippen molar-refractivity contribution >= 4 is 29.3 Å². The van der Waals surface area contributed by atoms with Crippen LogP contribution in [0, 0.1) is 12.5 Å². The maximum atomic E-state index is 14.9. The molecular weight excluding hydrogens is 489 g/mol. The first kappa shape index (κ1) is 27.6. The van der Waals surface area contributed by atoms with E-state index in [0.717, 1.165) is 5.56 Å². The summed E-state index contributed by atoms with van der Waals surface area (Å²) in [6, 6.07) is 5.35. The van der Waals surface area contributed by atoms with Crippen LogP contribution in [0.1, 0.15) is 64.9 Å². The molecule has 2 fully saturated rings. The van der Waals surface area contributed by atoms with Crippen LogP contribution < -0.4 is 10.6 Å². The summed E-state index contributed by atoms with van der Waals surface area (Å²) < 4.78 is 14.9. The van der Waals surface area contributed by atoms with E-state index in [1.807, 2.05) is 32.0 Å². The van der Waals surface area contributed by atoms with E-state index in [9.17, 15) is 23.6 Å². The van der Waals surface area contributed by atoms with Crippen LogP contribution in [0.15, 0.2) is 24.3 Å². The van der Waals surface area contributed by atoms with Crippen molar-refractivity contribution in [3.8, 4) is 0 Å². The lowest BCUT2D eigenvalue weighted by molar-refractivity contribution is -0.147. The van der Waals surface area contributed by atoms with Gasteiger partial charge in [-0.1, -0.05) is 32.0 Å². The monoisotopic (exact) mass is 525 g/mol. The number of nitrogens with one attached hydrogen (secondary N) is 2. The number of para-hydroxylation sites is 1. The number of amides is 4. The van der Waals surface area contributed by atoms with Gasteiger partial charge in [0.1, 0.15) is 17.5 Å². The smallest absolute Gasteiger partial charge is 0.302 e. The third-order valence-electron chi connectivity index (χ3n) is 8.20. The summed E-state index contributed by atoms with van der Waals surface area (Å²) in [5, 5.41) is 5.39. The number of likely N-dealkylation sites (N-methyl/N-ethyl adjacent to an activating group) is 1. The first-order valence-electron chi connectivity index (χ1n) is 13.3. The fourth-order valence-corrected chi connectivity index (χ4v) is 6.03. The number of alkyl halides is 1. The average molecular weight is 526 g/mol. The molecule has 2 heterocycles. The molecular formula is C28H36FN5O4. The van der Waals surface area contributed by atoms with Crippen molar-refractivity contribution in [1.82, 2.24) is 15.1 Å². The highest BCUT2D eigenvalue weighted by Crippen LogP contribution is 2.47. The largest absolute Gasteiger partial charge is 0.342 e. The maximum Gasteiger partial charge on any atom is 0.302 e. The third kappa shape index (κ3) is 4.74. The second-order valence-corrected chi connectivity index (χ2v) is 11.3. The lowest BCUT2D eigenvalue weighted by Gasteiger charge is -2.34. The molecule has 1 saturated heterocycles. The van der Waals surface area contributed by atoms with Crippen molar-refractivity contribution in [3.05, 3.63) is 41.2 Å². The summed E-state index contributed by atoms with van der Waals surface area (Å²) in [6.07, 6.45) is 1.15. The van der Waals surface area contributed by atoms with Gasteiger partial charge in [-0.2, -0.15) is 0 Å². The zero-order chi connectivity index (χ0) is 27.8. The number of benzene rings is 1. The number of fused-ring (bicyclic) bond motifs is 2. The number of hydrogen-bond acceptors (Lipinski definition) is 4. The number of carbonyl (C=O) groups excluding carboxylic acids is 4. The van der Waals surface area contributed by atoms with Crippen LogP contribution in [-0.2, 0) is 24.6 Å². The molecule has 0 unspecified atom stereocenters. The molecule has 2 N–H and O–H groups in total. The SMILES string of the molecule is [C-]#[N+][C@@H]1C[C@@]2(CN1C(=O)[C@H](CC(C)C)N(C)C(=O)[C@H](C)NC(=O)C1(F)CCCC1)C(=O)Nc1ccccc12. The molecule has 1 aromatic rings. The molecule has 10 heteroatoms. The molecule has 1 spiro atoms. The Kier molecular flexibility index (Phi) is 7.51. The quantitative estimate of drug-likeness (QED) is 0.534. The Morgan fingerprint density at radius 3 is 2.53 bits per heavy atom. The van der Waals surface area contributed by atoms with Gasteiger partial charge < -0.3 is 15.5 Å². The molecule has 1 aromatic carbocycles. The molecule has 4 atom stereocenters. The second kappa shape index (κ2) is 10.4. The standard InChI is InChI=1S/C28H36FN5O4/c1-17(2)14-21(33(5)23(35)18(3)31-26(38)28(29)12-8-9-13-28)24(36)34-16-27(15-22(34)30-4)19-10-6-7-11-20(19)32-25(27)37/h6-7,10-11,17-18,21-22H,8-9,12-16H2,1-3,5H3,(H,31,38)(H,32,37)/t18-,21-,22-,27-/m0/s1. The predicted octanol–water partition coefficient (Wildman–Crippen LogP) is 3.01. The van der Waals surface area contributed by atoms with Gasteiger partial charge in [-0.3, -0.25) is 28.9 Å². The van der Waals surface area contributed by atoms with Crippen LogP contribution in [0.2, 0.25) is 0 Å². The molecule has 4 rings (SSSR count). The minimum atomic E-state index is -1.97. The lowest BCUT2D eigenvalue weighted by atomic mass is 9.80. The van der Waals surface area contributed by atoms with Gasteiger partial charge in [0, 0.05) is 19.3 Å². The van der Waals surface area contributed by atoms with Gasteiger partial charge in [0.15, 0.2) is 5.67 Å². The summed E-state index contributed by atoms with van der Waals surface area (Å²) in [5.74, 6) is -1.93. The van der Waals surface area contributed by atoms with Gasteiger partial charge in [-0.05, 0) is 56.6 Å². The predicted molar refractivity (Wildman–Crippen MR) is 139 cm³/mol. The summed E-state index contributed by atoms with van der Waals surface area (Å²) in [7, 11) is 1.49. The molecule has 2 aliphatic heterocycles. The van der Waals surface area contributed by atoms with Crippen LogP contribution in [0.5, 0.6) is 0 Å². The van der Waals surface area contributed by atoms with Gasteiger partial charge in [0.25, 0.3) is 11.8 Å². The van der Waals surface area contributed by atoms with Crippen molar-refractivity contribution in [2.24, 2.45) is 5.92 Å². The number of nitrogens with zero attached hydrogens (tertiary/aromatic N) is 3. The van der Waals surface area contributed by atoms with Gasteiger partial charge in [0.05, 0.1) is 6.42 Å². The molecule has 3 aliphatic rings. The highest BCUT2D eigenvalue weighted by molar-refractivity contribution is 6.07. The Morgan fingerprint density at radius 1 is 1.24 bits per heavy atom. The van der Waals surface area contributed by atoms with Crippen molar-refractivity contribution in [3.63, 3.8) is 0 Å². The molecule has 0 radical (unpaired) electrons. The van der Waals surface area contributed by atoms with E-state index in [0.29, 0.717) is 24.9 Å². The molecule has 204 valence electrons. The molecule has 4 amide bonds. The Hall–Kier alpha value is -3.48. The van der Waals surface area contributed by atoms with E-state index in [4.69, 9.17) is 6.57 Å². The third-order valence-corrected chi connectivity index (χ3v) is 8.20. The number of likely N-dealkylation sites (tertiary alicyclic amines) is 1. The minimum Gasteiger partial charge on any atom is -0.342 e. The van der Waals surface area contributed by atoms with Crippen molar-refractivity contribution < 1.29 is 23.6 Å². The van der Waals surface area contributed by atoms with Crippen molar-refractivity contribution in [1.29, 1.82) is 0 Å². The van der Waals surface area contributed by atoms with Crippen molar-refractivity contribution in [2.75, 3.05) is 18.9 Å². The first-order valence-corrected chi connectivity index (χ1v) is 13.3. The summed E-state index contributed by atoms with van der Waals surface area (Å²) in [5.41, 5.74) is -1.54. The van der Waals surface area contributed by atoms with Crippen LogP contribution in [0.4, 0.5) is 10.1 Å². The number of anilines is 1. The Balaban J connectivity index is 1.55. The average Bonchev–Trinajstić information content (AvgIpc) is 3.58. The van der Waals surface area contributed by atoms with Gasteiger partial charge in [-0.15, -0.1) is 0 Å².